The smallest absolute Gasteiger partial charge is 0.167 e. The van der Waals surface area contributed by atoms with Crippen molar-refractivity contribution in [3.05, 3.63) is 193 Å². The van der Waals surface area contributed by atoms with E-state index in [2.05, 4.69) is 181 Å². The van der Waals surface area contributed by atoms with Crippen LogP contribution in [-0.2, 0) is 0 Å². The van der Waals surface area contributed by atoms with Crippen LogP contribution >= 0.6 is 11.3 Å². The molecule has 0 fully saturated rings. The standard InChI is InChI=1S/C51H32N4OS/c1-3-13-31(14-4-1)32-15-11-16-33(29-32)49-52-50(34-25-26-37-36-19-8-10-24-44(36)57-45(37)30-34)54-51(53-49)41-22-12-21-38-39-27-28-43-46(48(39)56-47(38)41)40-20-7-9-23-42(40)55(43)35-17-5-2-6-18-35/h1-30,39,48H. The van der Waals surface area contributed by atoms with Gasteiger partial charge in [-0.25, -0.2) is 15.0 Å². The fourth-order valence-electron chi connectivity index (χ4n) is 8.82. The second-order valence-corrected chi connectivity index (χ2v) is 15.8. The van der Waals surface area contributed by atoms with Crippen molar-refractivity contribution in [1.29, 1.82) is 0 Å². The number of benzene rings is 7. The van der Waals surface area contributed by atoms with Crippen molar-refractivity contribution in [2.24, 2.45) is 0 Å². The van der Waals surface area contributed by atoms with Gasteiger partial charge in [-0.2, -0.15) is 0 Å². The molecule has 57 heavy (non-hydrogen) atoms. The monoisotopic (exact) mass is 748 g/mol. The minimum Gasteiger partial charge on any atom is -0.484 e. The lowest BCUT2D eigenvalue weighted by Gasteiger charge is -2.22. The van der Waals surface area contributed by atoms with Crippen molar-refractivity contribution in [1.82, 2.24) is 19.5 Å². The van der Waals surface area contributed by atoms with E-state index in [4.69, 9.17) is 19.7 Å². The summed E-state index contributed by atoms with van der Waals surface area (Å²) >= 11 is 1.79. The second kappa shape index (κ2) is 12.7. The zero-order valence-electron chi connectivity index (χ0n) is 30.6. The van der Waals surface area contributed by atoms with Crippen molar-refractivity contribution in [2.75, 3.05) is 0 Å². The van der Waals surface area contributed by atoms with Crippen molar-refractivity contribution in [3.8, 4) is 56.7 Å². The normalized spacial score (nSPS) is 15.4. The molecular formula is C51H32N4OS. The van der Waals surface area contributed by atoms with E-state index in [9.17, 15) is 0 Å². The van der Waals surface area contributed by atoms with Gasteiger partial charge in [0.2, 0.25) is 0 Å². The zero-order chi connectivity index (χ0) is 37.5. The van der Waals surface area contributed by atoms with Crippen LogP contribution in [0.2, 0.25) is 0 Å². The molecule has 0 bridgehead atoms. The number of thiophene rings is 1. The predicted molar refractivity (Wildman–Crippen MR) is 233 cm³/mol. The molecule has 5 nitrogen and oxygen atoms in total. The Morgan fingerprint density at radius 3 is 2.04 bits per heavy atom. The van der Waals surface area contributed by atoms with Gasteiger partial charge in [-0.05, 0) is 59.7 Å². The molecule has 2 atom stereocenters. The number of hydrogen-bond donors (Lipinski definition) is 0. The Kier molecular flexibility index (Phi) is 7.16. The van der Waals surface area contributed by atoms with Crippen LogP contribution in [-0.4, -0.2) is 19.5 Å². The largest absolute Gasteiger partial charge is 0.484 e. The molecule has 1 aliphatic carbocycles. The number of para-hydroxylation sites is 3. The summed E-state index contributed by atoms with van der Waals surface area (Å²) in [5.74, 6) is 2.69. The van der Waals surface area contributed by atoms with Gasteiger partial charge in [0.15, 0.2) is 17.5 Å². The number of hydrogen-bond acceptors (Lipinski definition) is 5. The molecule has 2 unspecified atom stereocenters. The molecule has 10 aromatic rings. The van der Waals surface area contributed by atoms with Crippen molar-refractivity contribution >= 4 is 48.5 Å². The summed E-state index contributed by atoms with van der Waals surface area (Å²) < 4.78 is 12.0. The van der Waals surface area contributed by atoms with Gasteiger partial charge in [-0.3, -0.25) is 0 Å². The van der Waals surface area contributed by atoms with E-state index >= 15 is 0 Å². The molecule has 4 heterocycles. The maximum absolute atomic E-state index is 7.18. The van der Waals surface area contributed by atoms with E-state index in [0.717, 1.165) is 50.5 Å². The Balaban J connectivity index is 1.02. The van der Waals surface area contributed by atoms with Crippen molar-refractivity contribution in [3.63, 3.8) is 0 Å². The number of ether oxygens (including phenoxy) is 1. The van der Waals surface area contributed by atoms with Crippen LogP contribution in [0.5, 0.6) is 5.75 Å². The van der Waals surface area contributed by atoms with E-state index in [0.29, 0.717) is 17.5 Å². The van der Waals surface area contributed by atoms with E-state index in [1.807, 2.05) is 6.07 Å². The van der Waals surface area contributed by atoms with Crippen LogP contribution in [0.3, 0.4) is 0 Å². The first-order chi connectivity index (χ1) is 28.2. The van der Waals surface area contributed by atoms with Gasteiger partial charge in [-0.15, -0.1) is 11.3 Å². The molecule has 0 spiro atoms. The first-order valence-corrected chi connectivity index (χ1v) is 20.1. The van der Waals surface area contributed by atoms with Crippen LogP contribution in [0.15, 0.2) is 176 Å². The van der Waals surface area contributed by atoms with Gasteiger partial charge in [0, 0.05) is 59.4 Å². The summed E-state index contributed by atoms with van der Waals surface area (Å²) in [4.78, 5) is 15.7. The van der Waals surface area contributed by atoms with Crippen molar-refractivity contribution < 1.29 is 4.74 Å². The second-order valence-electron chi connectivity index (χ2n) is 14.7. The molecule has 2 aliphatic rings. The average molecular weight is 749 g/mol. The molecule has 6 heteroatoms. The zero-order valence-corrected chi connectivity index (χ0v) is 31.4. The highest BCUT2D eigenvalue weighted by atomic mass is 32.1. The molecule has 0 saturated heterocycles. The third-order valence-corrected chi connectivity index (χ3v) is 12.6. The molecule has 0 N–H and O–H groups in total. The first-order valence-electron chi connectivity index (χ1n) is 19.3. The molecule has 0 radical (unpaired) electrons. The number of aromatic nitrogens is 4. The summed E-state index contributed by atoms with van der Waals surface area (Å²) in [6.45, 7) is 0. The Labute approximate surface area is 332 Å². The Hall–Kier alpha value is -7.15. The van der Waals surface area contributed by atoms with Crippen molar-refractivity contribution in [2.45, 2.75) is 12.0 Å². The highest BCUT2D eigenvalue weighted by Crippen LogP contribution is 2.55. The number of nitrogens with zero attached hydrogens (tertiary/aromatic N) is 4. The van der Waals surface area contributed by atoms with Crippen LogP contribution < -0.4 is 4.74 Å². The molecule has 0 saturated carbocycles. The van der Waals surface area contributed by atoms with Crippen LogP contribution in [0.25, 0.3) is 88.1 Å². The van der Waals surface area contributed by atoms with Gasteiger partial charge >= 0.3 is 0 Å². The lowest BCUT2D eigenvalue weighted by Crippen LogP contribution is -2.13. The number of fused-ring (bicyclic) bond motifs is 10. The molecule has 12 rings (SSSR count). The summed E-state index contributed by atoms with van der Waals surface area (Å²) in [6, 6.07) is 59.7. The Morgan fingerprint density at radius 2 is 1.18 bits per heavy atom. The van der Waals surface area contributed by atoms with Crippen LogP contribution in [0.4, 0.5) is 0 Å². The summed E-state index contributed by atoms with van der Waals surface area (Å²) in [7, 11) is 0. The molecule has 268 valence electrons. The van der Waals surface area contributed by atoms with E-state index in [1.54, 1.807) is 11.3 Å². The highest BCUT2D eigenvalue weighted by molar-refractivity contribution is 7.25. The topological polar surface area (TPSA) is 52.8 Å². The van der Waals surface area contributed by atoms with Gasteiger partial charge in [0.25, 0.3) is 0 Å². The Bertz CT molecular complexity index is 3240. The lowest BCUT2D eigenvalue weighted by atomic mass is 9.85. The van der Waals surface area contributed by atoms with Gasteiger partial charge in [-0.1, -0.05) is 133 Å². The maximum Gasteiger partial charge on any atom is 0.167 e. The quantitative estimate of drug-likeness (QED) is 0.176. The molecule has 1 aliphatic heterocycles. The lowest BCUT2D eigenvalue weighted by molar-refractivity contribution is 0.225. The van der Waals surface area contributed by atoms with Gasteiger partial charge < -0.3 is 9.30 Å². The maximum atomic E-state index is 7.18. The van der Waals surface area contributed by atoms with Gasteiger partial charge in [0.1, 0.15) is 11.9 Å². The van der Waals surface area contributed by atoms with Crippen LogP contribution in [0, 0.1) is 0 Å². The fourth-order valence-corrected chi connectivity index (χ4v) is 9.96. The molecule has 0 amide bonds. The average Bonchev–Trinajstić information content (AvgIpc) is 3.96. The Morgan fingerprint density at radius 1 is 0.509 bits per heavy atom. The summed E-state index contributed by atoms with van der Waals surface area (Å²) in [6.07, 6.45) is 4.38. The summed E-state index contributed by atoms with van der Waals surface area (Å²) in [5, 5.41) is 3.70. The minimum absolute atomic E-state index is 0.0428. The highest BCUT2D eigenvalue weighted by Gasteiger charge is 2.41. The van der Waals surface area contributed by atoms with E-state index < -0.39 is 0 Å². The first kappa shape index (κ1) is 32.1. The van der Waals surface area contributed by atoms with E-state index in [1.165, 1.54) is 36.6 Å². The van der Waals surface area contributed by atoms with Gasteiger partial charge in [0.05, 0.1) is 16.8 Å². The molecule has 3 aromatic heterocycles. The third kappa shape index (κ3) is 5.11. The van der Waals surface area contributed by atoms with Crippen LogP contribution in [0.1, 0.15) is 28.8 Å². The third-order valence-electron chi connectivity index (χ3n) is 11.4. The predicted octanol–water partition coefficient (Wildman–Crippen LogP) is 13.1. The molecule has 7 aromatic carbocycles. The van der Waals surface area contributed by atoms with E-state index in [-0.39, 0.29) is 12.0 Å². The molecular weight excluding hydrogens is 717 g/mol. The summed E-state index contributed by atoms with van der Waals surface area (Å²) in [5.41, 5.74) is 10.8. The fraction of sp³-hybridized carbons (Fsp3) is 0.0392. The SMILES string of the molecule is C1=CC2c3cccc(-c4nc(-c5cccc(-c6ccccc6)c5)nc(-c5ccc6c(c5)sc5ccccc56)n4)c3OC2c2c1n(-c1ccccc1)c1ccccc21. The number of rotatable bonds is 5. The minimum atomic E-state index is -0.199.